The molecule has 0 radical (unpaired) electrons. The fourth-order valence-electron chi connectivity index (χ4n) is 5.66. The molecule has 0 aliphatic carbocycles. The van der Waals surface area contributed by atoms with Crippen molar-refractivity contribution < 1.29 is 28.0 Å². The highest BCUT2D eigenvalue weighted by atomic mass is 32.2. The summed E-state index contributed by atoms with van der Waals surface area (Å²) < 4.78 is 32.5. The molecule has 2 aromatic carbocycles. The van der Waals surface area contributed by atoms with Crippen molar-refractivity contribution in [2.24, 2.45) is 0 Å². The van der Waals surface area contributed by atoms with Crippen LogP contribution in [0.15, 0.2) is 53.6 Å². The number of carboxylic acids is 1. The molecule has 1 aliphatic rings. The van der Waals surface area contributed by atoms with Crippen LogP contribution in [0.5, 0.6) is 5.75 Å². The number of aromatic amines is 2. The number of benzene rings is 2. The van der Waals surface area contributed by atoms with E-state index in [1.165, 1.54) is 5.56 Å². The number of hydrogen-bond donors (Lipinski definition) is 4. The number of sulfone groups is 1. The molecule has 0 amide bonds. The van der Waals surface area contributed by atoms with Gasteiger partial charge in [0.1, 0.15) is 5.69 Å². The van der Waals surface area contributed by atoms with Gasteiger partial charge < -0.3 is 15.2 Å². The lowest BCUT2D eigenvalue weighted by Crippen LogP contribution is -2.36. The summed E-state index contributed by atoms with van der Waals surface area (Å²) in [5, 5.41) is 16.0. The van der Waals surface area contributed by atoms with Gasteiger partial charge in [-0.15, -0.1) is 0 Å². The van der Waals surface area contributed by atoms with Crippen LogP contribution < -0.4 is 20.4 Å². The number of piperidine rings is 1. The zero-order valence-corrected chi connectivity index (χ0v) is 26.6. The lowest BCUT2D eigenvalue weighted by atomic mass is 9.86. The first-order valence-electron chi connectivity index (χ1n) is 14.9. The molecule has 234 valence electrons. The Morgan fingerprint density at radius 2 is 1.84 bits per heavy atom. The van der Waals surface area contributed by atoms with Crippen LogP contribution in [-0.4, -0.2) is 65.3 Å². The number of rotatable bonds is 11. The van der Waals surface area contributed by atoms with Gasteiger partial charge in [0.05, 0.1) is 33.9 Å². The van der Waals surface area contributed by atoms with E-state index in [0.29, 0.717) is 34.8 Å². The van der Waals surface area contributed by atoms with Crippen LogP contribution in [0, 0.1) is 6.92 Å². The Balaban J connectivity index is 1.47. The number of carboxylic acid groups (broad SMARTS) is 1. The third kappa shape index (κ3) is 6.81. The number of hydrogen-bond acceptors (Lipinski definition) is 8. The number of nitrogens with one attached hydrogen (secondary N) is 4. The van der Waals surface area contributed by atoms with Crippen molar-refractivity contribution in [3.8, 4) is 5.75 Å². The van der Waals surface area contributed by atoms with Crippen LogP contribution in [0.25, 0.3) is 11.0 Å². The molecule has 44 heavy (non-hydrogen) atoms. The van der Waals surface area contributed by atoms with Gasteiger partial charge in [-0.2, -0.15) is 0 Å². The Morgan fingerprint density at radius 1 is 1.11 bits per heavy atom. The smallest absolute Gasteiger partial charge is 0.351 e. The molecule has 11 nitrogen and oxygen atoms in total. The number of nitrogens with zero attached hydrogens (tertiary/aromatic N) is 2. The molecule has 5 rings (SSSR count). The predicted molar refractivity (Wildman–Crippen MR) is 171 cm³/mol. The number of aliphatic carboxylic acids is 1. The first-order chi connectivity index (χ1) is 20.9. The minimum Gasteiger partial charge on any atom is -0.488 e. The predicted octanol–water partition coefficient (Wildman–Crippen LogP) is 5.41. The Labute approximate surface area is 258 Å². The van der Waals surface area contributed by atoms with Crippen molar-refractivity contribution in [2.45, 2.75) is 69.6 Å². The molecule has 0 bridgehead atoms. The number of fused-ring (bicyclic) bond motifs is 1. The van der Waals surface area contributed by atoms with Gasteiger partial charge in [-0.05, 0) is 108 Å². The Kier molecular flexibility index (Phi) is 9.12. The number of H-pyrrole nitrogens is 2. The largest absolute Gasteiger partial charge is 0.488 e. The number of ether oxygens (including phenoxy) is 1. The standard InChI is InChI=1S/C32H40N6O5S/c1-19(2)43-27-17-24(22-11-14-38(15-12-22)18-29(39)40)21(5)16-26(27)35-32-36-30-23(10-13-33-30)31(37-32)34-25-8-6-7-9-28(25)44(41,42)20(3)4/h6-10,13,16-17,19-20,22H,11-12,14-15,18H2,1-5H3,(H,39,40)(H3,33,34,35,36,37)/p+1. The highest BCUT2D eigenvalue weighted by molar-refractivity contribution is 7.92. The molecule has 1 saturated heterocycles. The zero-order valence-electron chi connectivity index (χ0n) is 25.8. The van der Waals surface area contributed by atoms with E-state index in [-0.39, 0.29) is 17.5 Å². The van der Waals surface area contributed by atoms with Crippen LogP contribution in [0.2, 0.25) is 0 Å². The summed E-state index contributed by atoms with van der Waals surface area (Å²) in [6.07, 6.45) is 3.49. The second-order valence-electron chi connectivity index (χ2n) is 11.9. The zero-order chi connectivity index (χ0) is 31.6. The van der Waals surface area contributed by atoms with Crippen molar-refractivity contribution in [2.75, 3.05) is 30.3 Å². The normalized spacial score (nSPS) is 14.8. The van der Waals surface area contributed by atoms with Crippen molar-refractivity contribution in [3.63, 3.8) is 0 Å². The van der Waals surface area contributed by atoms with E-state index < -0.39 is 21.1 Å². The summed E-state index contributed by atoms with van der Waals surface area (Å²) in [4.78, 5) is 24.7. The van der Waals surface area contributed by atoms with E-state index in [2.05, 4.69) is 39.7 Å². The van der Waals surface area contributed by atoms with Crippen molar-refractivity contribution >= 4 is 50.0 Å². The van der Waals surface area contributed by atoms with Gasteiger partial charge >= 0.3 is 11.9 Å². The molecule has 0 saturated carbocycles. The number of aromatic nitrogens is 3. The van der Waals surface area contributed by atoms with Crippen LogP contribution in [0.4, 0.5) is 23.1 Å². The van der Waals surface area contributed by atoms with E-state index in [0.717, 1.165) is 42.6 Å². The lowest BCUT2D eigenvalue weighted by molar-refractivity contribution is -0.333. The highest BCUT2D eigenvalue weighted by Gasteiger charge is 2.27. The molecule has 0 atom stereocenters. The molecule has 0 unspecified atom stereocenters. The molecule has 1 fully saturated rings. The van der Waals surface area contributed by atoms with Crippen LogP contribution in [0.1, 0.15) is 57.6 Å². The molecule has 5 N–H and O–H groups in total. The van der Waals surface area contributed by atoms with Gasteiger partial charge in [0, 0.05) is 6.20 Å². The molecular formula is C32H41N6O5S+. The van der Waals surface area contributed by atoms with E-state index >= 15 is 0 Å². The van der Waals surface area contributed by atoms with Gasteiger partial charge in [-0.3, -0.25) is 20.0 Å². The molecule has 12 heteroatoms. The van der Waals surface area contributed by atoms with Crippen molar-refractivity contribution in [1.82, 2.24) is 14.9 Å². The molecule has 4 aromatic rings. The first-order valence-corrected chi connectivity index (χ1v) is 16.5. The number of carbonyl (C=O) groups is 1. The second kappa shape index (κ2) is 12.8. The van der Waals surface area contributed by atoms with Gasteiger partial charge in [-0.25, -0.2) is 13.4 Å². The van der Waals surface area contributed by atoms with Gasteiger partial charge in [0.25, 0.3) is 0 Å². The quantitative estimate of drug-likeness (QED) is 0.172. The Morgan fingerprint density at radius 3 is 2.52 bits per heavy atom. The van der Waals surface area contributed by atoms with E-state index in [4.69, 9.17) is 14.8 Å². The number of aryl methyl sites for hydroxylation is 1. The van der Waals surface area contributed by atoms with E-state index in [9.17, 15) is 13.2 Å². The minimum absolute atomic E-state index is 0.0667. The highest BCUT2D eigenvalue weighted by Crippen LogP contribution is 2.38. The summed E-state index contributed by atoms with van der Waals surface area (Å²) in [6.45, 7) is 10.9. The molecule has 0 spiro atoms. The fourth-order valence-corrected chi connectivity index (χ4v) is 6.86. The van der Waals surface area contributed by atoms with Gasteiger partial charge in [-0.1, -0.05) is 17.1 Å². The average Bonchev–Trinajstić information content (AvgIpc) is 3.44. The van der Waals surface area contributed by atoms with E-state index in [1.54, 1.807) is 44.3 Å². The third-order valence-corrected chi connectivity index (χ3v) is 10.1. The van der Waals surface area contributed by atoms with Crippen molar-refractivity contribution in [3.05, 3.63) is 59.8 Å². The monoisotopic (exact) mass is 621 g/mol. The maximum Gasteiger partial charge on any atom is 0.351 e. The maximum absolute atomic E-state index is 13.1. The molecule has 2 aromatic heterocycles. The molecule has 1 aliphatic heterocycles. The number of likely N-dealkylation sites (tertiary alicyclic amines) is 1. The Hall–Kier alpha value is -4.16. The van der Waals surface area contributed by atoms with E-state index in [1.807, 2.05) is 24.8 Å². The first kappa shape index (κ1) is 31.3. The van der Waals surface area contributed by atoms with Crippen LogP contribution in [-0.2, 0) is 14.6 Å². The summed E-state index contributed by atoms with van der Waals surface area (Å²) >= 11 is 0. The molecule has 3 heterocycles. The van der Waals surface area contributed by atoms with Crippen LogP contribution >= 0.6 is 0 Å². The SMILES string of the molecule is Cc1cc(Nc2nc(Nc3ccccc3S(=O)(=O)C(C)C)c3cc[nH]c3[nH+]2)c(OC(C)C)cc1C1CCN(CC(=O)O)CC1. The minimum atomic E-state index is -3.54. The topological polar surface area (TPSA) is 151 Å². The number of anilines is 4. The maximum atomic E-state index is 13.1. The third-order valence-electron chi connectivity index (χ3n) is 7.91. The Bertz CT molecular complexity index is 1760. The molecular weight excluding hydrogens is 580 g/mol. The fraction of sp³-hybridized carbons (Fsp3) is 0.406. The van der Waals surface area contributed by atoms with Crippen LogP contribution in [0.3, 0.4) is 0 Å². The average molecular weight is 622 g/mol. The number of para-hydroxylation sites is 1. The summed E-state index contributed by atoms with van der Waals surface area (Å²) in [6, 6.07) is 12.9. The lowest BCUT2D eigenvalue weighted by Gasteiger charge is -2.32. The summed E-state index contributed by atoms with van der Waals surface area (Å²) in [5.41, 5.74) is 4.20. The summed E-state index contributed by atoms with van der Waals surface area (Å²) in [7, 11) is -3.54. The van der Waals surface area contributed by atoms with Crippen molar-refractivity contribution in [1.29, 1.82) is 0 Å². The van der Waals surface area contributed by atoms with Gasteiger partial charge in [0.2, 0.25) is 11.5 Å². The van der Waals surface area contributed by atoms with Gasteiger partial charge in [0.15, 0.2) is 15.6 Å². The second-order valence-corrected chi connectivity index (χ2v) is 14.3. The summed E-state index contributed by atoms with van der Waals surface area (Å²) in [5.74, 6) is 1.13.